The Bertz CT molecular complexity index is 961. The third-order valence-corrected chi connectivity index (χ3v) is 4.45. The zero-order valence-electron chi connectivity index (χ0n) is 14.2. The van der Waals surface area contributed by atoms with E-state index < -0.39 is 0 Å². The van der Waals surface area contributed by atoms with Crippen molar-refractivity contribution < 1.29 is 4.74 Å². The number of hydrogen-bond donors (Lipinski definition) is 0. The van der Waals surface area contributed by atoms with Crippen LogP contribution in [0.15, 0.2) is 84.9 Å². The molecular weight excluding hydrogens is 308 g/mol. The van der Waals surface area contributed by atoms with Crippen molar-refractivity contribution >= 4 is 11.0 Å². The molecule has 0 amide bonds. The molecule has 0 bridgehead atoms. The summed E-state index contributed by atoms with van der Waals surface area (Å²) in [4.78, 5) is 4.81. The Morgan fingerprint density at radius 1 is 0.840 bits per heavy atom. The van der Waals surface area contributed by atoms with E-state index in [-0.39, 0.29) is 6.04 Å². The molecule has 0 spiro atoms. The van der Waals surface area contributed by atoms with E-state index in [1.807, 2.05) is 42.5 Å². The van der Waals surface area contributed by atoms with E-state index in [4.69, 9.17) is 9.72 Å². The molecule has 0 unspecified atom stereocenters. The van der Waals surface area contributed by atoms with Crippen LogP contribution in [0.25, 0.3) is 11.0 Å². The predicted molar refractivity (Wildman–Crippen MR) is 101 cm³/mol. The summed E-state index contributed by atoms with van der Waals surface area (Å²) < 4.78 is 8.24. The minimum absolute atomic E-state index is 0.183. The van der Waals surface area contributed by atoms with Gasteiger partial charge in [-0.2, -0.15) is 0 Å². The van der Waals surface area contributed by atoms with E-state index in [2.05, 4.69) is 54.0 Å². The van der Waals surface area contributed by atoms with Crippen LogP contribution >= 0.6 is 0 Å². The number of aromatic nitrogens is 2. The lowest BCUT2D eigenvalue weighted by Crippen LogP contribution is -2.12. The molecule has 3 nitrogen and oxygen atoms in total. The van der Waals surface area contributed by atoms with Crippen LogP contribution < -0.4 is 4.74 Å². The normalized spacial score (nSPS) is 12.2. The number of imidazole rings is 1. The minimum Gasteiger partial charge on any atom is -0.486 e. The number of benzene rings is 3. The summed E-state index contributed by atoms with van der Waals surface area (Å²) in [6.45, 7) is 2.64. The number of hydrogen-bond acceptors (Lipinski definition) is 2. The standard InChI is InChI=1S/C22H20N2O/c1-17(18-10-4-2-5-11-18)24-21-15-9-8-14-20(21)23-22(24)16-25-19-12-6-3-7-13-19/h2-15,17H,16H2,1H3/t17-/m0/s1. The molecule has 0 saturated heterocycles. The second-order valence-corrected chi connectivity index (χ2v) is 6.08. The molecule has 3 heteroatoms. The molecule has 0 radical (unpaired) electrons. The second kappa shape index (κ2) is 6.81. The van der Waals surface area contributed by atoms with Gasteiger partial charge in [-0.1, -0.05) is 60.7 Å². The first kappa shape index (κ1) is 15.5. The van der Waals surface area contributed by atoms with Gasteiger partial charge in [-0.25, -0.2) is 4.98 Å². The average Bonchev–Trinajstić information content (AvgIpc) is 3.05. The fourth-order valence-electron chi connectivity index (χ4n) is 3.17. The molecule has 124 valence electrons. The summed E-state index contributed by atoms with van der Waals surface area (Å²) in [6.07, 6.45) is 0. The van der Waals surface area contributed by atoms with Crippen LogP contribution in [0.3, 0.4) is 0 Å². The topological polar surface area (TPSA) is 27.1 Å². The maximum Gasteiger partial charge on any atom is 0.148 e. The van der Waals surface area contributed by atoms with Crippen LogP contribution in [0.4, 0.5) is 0 Å². The molecule has 1 atom stereocenters. The first-order chi connectivity index (χ1) is 12.3. The minimum atomic E-state index is 0.183. The maximum atomic E-state index is 5.96. The van der Waals surface area contributed by atoms with Crippen LogP contribution in [0, 0.1) is 0 Å². The molecule has 0 saturated carbocycles. The summed E-state index contributed by atoms with van der Waals surface area (Å²) in [5.74, 6) is 1.79. The molecule has 4 rings (SSSR count). The van der Waals surface area contributed by atoms with Gasteiger partial charge >= 0.3 is 0 Å². The fraction of sp³-hybridized carbons (Fsp3) is 0.136. The van der Waals surface area contributed by atoms with E-state index >= 15 is 0 Å². The molecule has 0 aliphatic rings. The molecule has 25 heavy (non-hydrogen) atoms. The maximum absolute atomic E-state index is 5.96. The van der Waals surface area contributed by atoms with E-state index in [1.54, 1.807) is 0 Å². The third-order valence-electron chi connectivity index (χ3n) is 4.45. The monoisotopic (exact) mass is 328 g/mol. The third kappa shape index (κ3) is 3.13. The van der Waals surface area contributed by atoms with Crippen molar-refractivity contribution in [3.63, 3.8) is 0 Å². The quantitative estimate of drug-likeness (QED) is 0.502. The molecule has 3 aromatic carbocycles. The highest BCUT2D eigenvalue weighted by molar-refractivity contribution is 5.76. The summed E-state index contributed by atoms with van der Waals surface area (Å²) in [7, 11) is 0. The number of rotatable bonds is 5. The Morgan fingerprint density at radius 2 is 1.48 bits per heavy atom. The van der Waals surface area contributed by atoms with Crippen LogP contribution in [0.1, 0.15) is 24.4 Å². The van der Waals surface area contributed by atoms with Crippen molar-refractivity contribution in [3.8, 4) is 5.75 Å². The number of nitrogens with zero attached hydrogens (tertiary/aromatic N) is 2. The van der Waals surface area contributed by atoms with Crippen molar-refractivity contribution in [2.75, 3.05) is 0 Å². The lowest BCUT2D eigenvalue weighted by molar-refractivity contribution is 0.288. The Balaban J connectivity index is 1.73. The predicted octanol–water partition coefficient (Wildman–Crippen LogP) is 5.22. The highest BCUT2D eigenvalue weighted by Gasteiger charge is 2.17. The lowest BCUT2D eigenvalue weighted by Gasteiger charge is -2.18. The Kier molecular flexibility index (Phi) is 4.21. The summed E-state index contributed by atoms with van der Waals surface area (Å²) in [5, 5.41) is 0. The molecule has 0 aliphatic carbocycles. The second-order valence-electron chi connectivity index (χ2n) is 6.08. The largest absolute Gasteiger partial charge is 0.486 e. The van der Waals surface area contributed by atoms with Crippen LogP contribution in [0.2, 0.25) is 0 Å². The van der Waals surface area contributed by atoms with Crippen molar-refractivity contribution in [3.05, 3.63) is 96.3 Å². The van der Waals surface area contributed by atoms with Crippen LogP contribution in [-0.2, 0) is 6.61 Å². The number of para-hydroxylation sites is 3. The zero-order valence-corrected chi connectivity index (χ0v) is 14.2. The van der Waals surface area contributed by atoms with Gasteiger partial charge in [-0.15, -0.1) is 0 Å². The average molecular weight is 328 g/mol. The van der Waals surface area contributed by atoms with Crippen molar-refractivity contribution in [2.45, 2.75) is 19.6 Å². The SMILES string of the molecule is C[C@@H](c1ccccc1)n1c(COc2ccccc2)nc2ccccc21. The van der Waals surface area contributed by atoms with Gasteiger partial charge < -0.3 is 9.30 Å². The van der Waals surface area contributed by atoms with E-state index in [9.17, 15) is 0 Å². The van der Waals surface area contributed by atoms with E-state index in [1.165, 1.54) is 5.56 Å². The van der Waals surface area contributed by atoms with Gasteiger partial charge in [0.05, 0.1) is 17.1 Å². The van der Waals surface area contributed by atoms with Gasteiger partial charge in [0.25, 0.3) is 0 Å². The van der Waals surface area contributed by atoms with Gasteiger partial charge in [0.15, 0.2) is 0 Å². The lowest BCUT2D eigenvalue weighted by atomic mass is 10.1. The first-order valence-electron chi connectivity index (χ1n) is 8.51. The van der Waals surface area contributed by atoms with Gasteiger partial charge in [-0.05, 0) is 36.8 Å². The smallest absolute Gasteiger partial charge is 0.148 e. The Hall–Kier alpha value is -3.07. The van der Waals surface area contributed by atoms with Gasteiger partial charge in [0, 0.05) is 0 Å². The molecule has 0 N–H and O–H groups in total. The van der Waals surface area contributed by atoms with Gasteiger partial charge in [-0.3, -0.25) is 0 Å². The summed E-state index contributed by atoms with van der Waals surface area (Å²) >= 11 is 0. The van der Waals surface area contributed by atoms with Gasteiger partial charge in [0.1, 0.15) is 18.2 Å². The van der Waals surface area contributed by atoms with E-state index in [0.717, 1.165) is 22.6 Å². The summed E-state index contributed by atoms with van der Waals surface area (Å²) in [6, 6.07) is 28.8. The van der Waals surface area contributed by atoms with Crippen LogP contribution in [-0.4, -0.2) is 9.55 Å². The highest BCUT2D eigenvalue weighted by Crippen LogP contribution is 2.26. The zero-order chi connectivity index (χ0) is 17.1. The number of fused-ring (bicyclic) bond motifs is 1. The fourth-order valence-corrected chi connectivity index (χ4v) is 3.17. The first-order valence-corrected chi connectivity index (χ1v) is 8.51. The molecule has 0 aliphatic heterocycles. The summed E-state index contributed by atoms with van der Waals surface area (Å²) in [5.41, 5.74) is 3.38. The highest BCUT2D eigenvalue weighted by atomic mass is 16.5. The number of ether oxygens (including phenoxy) is 1. The van der Waals surface area contributed by atoms with Crippen molar-refractivity contribution in [2.24, 2.45) is 0 Å². The molecule has 1 heterocycles. The van der Waals surface area contributed by atoms with Crippen LogP contribution in [0.5, 0.6) is 5.75 Å². The molecule has 4 aromatic rings. The van der Waals surface area contributed by atoms with Gasteiger partial charge in [0.2, 0.25) is 0 Å². The van der Waals surface area contributed by atoms with Crippen molar-refractivity contribution in [1.82, 2.24) is 9.55 Å². The molecular formula is C22H20N2O. The molecule has 1 aromatic heterocycles. The van der Waals surface area contributed by atoms with E-state index in [0.29, 0.717) is 6.61 Å². The van der Waals surface area contributed by atoms with Crippen molar-refractivity contribution in [1.29, 1.82) is 0 Å². The molecule has 0 fully saturated rings. The Labute approximate surface area is 147 Å². The Morgan fingerprint density at radius 3 is 2.24 bits per heavy atom.